The zero-order valence-electron chi connectivity index (χ0n) is 11.5. The summed E-state index contributed by atoms with van der Waals surface area (Å²) in [4.78, 5) is 16.2. The second-order valence-electron chi connectivity index (χ2n) is 5.22. The van der Waals surface area contributed by atoms with E-state index in [0.717, 1.165) is 38.9 Å². The predicted octanol–water partition coefficient (Wildman–Crippen LogP) is 1.91. The molecule has 1 fully saturated rings. The number of carbonyl (C=O) groups is 1. The van der Waals surface area contributed by atoms with Gasteiger partial charge in [0, 0.05) is 25.7 Å². The van der Waals surface area contributed by atoms with Gasteiger partial charge in [0.25, 0.3) is 0 Å². The van der Waals surface area contributed by atoms with E-state index in [2.05, 4.69) is 17.1 Å². The summed E-state index contributed by atoms with van der Waals surface area (Å²) in [5.74, 6) is 0. The van der Waals surface area contributed by atoms with Crippen LogP contribution >= 0.6 is 0 Å². The third-order valence-electron chi connectivity index (χ3n) is 3.28. The average molecular weight is 241 g/mol. The molecule has 1 aliphatic carbocycles. The minimum absolute atomic E-state index is 0.126. The van der Waals surface area contributed by atoms with Crippen LogP contribution in [0.3, 0.4) is 0 Å². The fourth-order valence-electron chi connectivity index (χ4n) is 2.24. The van der Waals surface area contributed by atoms with Crippen molar-refractivity contribution >= 4 is 6.03 Å². The minimum Gasteiger partial charge on any atom is -0.335 e. The van der Waals surface area contributed by atoms with Gasteiger partial charge in [0.15, 0.2) is 0 Å². The Balaban J connectivity index is 2.35. The highest BCUT2D eigenvalue weighted by molar-refractivity contribution is 5.74. The summed E-state index contributed by atoms with van der Waals surface area (Å²) in [7, 11) is 4.08. The molecule has 0 spiro atoms. The SMILES string of the molecule is CCCN(CCN(C)C)C(=O)NC1CCCC1. The van der Waals surface area contributed by atoms with Crippen LogP contribution in [0.15, 0.2) is 0 Å². The molecule has 0 atom stereocenters. The van der Waals surface area contributed by atoms with Crippen LogP contribution in [-0.2, 0) is 0 Å². The summed E-state index contributed by atoms with van der Waals surface area (Å²) in [6.45, 7) is 4.72. The normalized spacial score (nSPS) is 16.5. The summed E-state index contributed by atoms with van der Waals surface area (Å²) < 4.78 is 0. The molecular weight excluding hydrogens is 214 g/mol. The second kappa shape index (κ2) is 7.54. The second-order valence-corrected chi connectivity index (χ2v) is 5.22. The van der Waals surface area contributed by atoms with Crippen LogP contribution in [0.4, 0.5) is 4.79 Å². The Hall–Kier alpha value is -0.770. The highest BCUT2D eigenvalue weighted by Gasteiger charge is 2.20. The van der Waals surface area contributed by atoms with Gasteiger partial charge in [-0.25, -0.2) is 4.79 Å². The first kappa shape index (κ1) is 14.3. The van der Waals surface area contributed by atoms with Gasteiger partial charge in [0.05, 0.1) is 0 Å². The number of nitrogens with zero attached hydrogens (tertiary/aromatic N) is 2. The molecule has 0 aromatic carbocycles. The molecule has 0 aromatic rings. The maximum absolute atomic E-state index is 12.1. The number of hydrogen-bond donors (Lipinski definition) is 1. The van der Waals surface area contributed by atoms with E-state index in [0.29, 0.717) is 6.04 Å². The zero-order valence-corrected chi connectivity index (χ0v) is 11.5. The van der Waals surface area contributed by atoms with Crippen LogP contribution in [0, 0.1) is 0 Å². The summed E-state index contributed by atoms with van der Waals surface area (Å²) in [5, 5.41) is 3.16. The standard InChI is InChI=1S/C13H27N3O/c1-4-9-16(11-10-15(2)3)13(17)14-12-7-5-6-8-12/h12H,4-11H2,1-3H3,(H,14,17). The van der Waals surface area contributed by atoms with Gasteiger partial charge in [-0.15, -0.1) is 0 Å². The van der Waals surface area contributed by atoms with Gasteiger partial charge in [0.2, 0.25) is 0 Å². The molecule has 0 aromatic heterocycles. The van der Waals surface area contributed by atoms with Gasteiger partial charge < -0.3 is 15.1 Å². The first-order valence-electron chi connectivity index (χ1n) is 6.83. The Kier molecular flexibility index (Phi) is 6.34. The average Bonchev–Trinajstić information content (AvgIpc) is 2.76. The number of nitrogens with one attached hydrogen (secondary N) is 1. The van der Waals surface area contributed by atoms with Crippen LogP contribution in [0.2, 0.25) is 0 Å². The quantitative estimate of drug-likeness (QED) is 0.771. The molecule has 1 saturated carbocycles. The summed E-state index contributed by atoms with van der Waals surface area (Å²) in [6.07, 6.45) is 5.84. The van der Waals surface area contributed by atoms with Crippen LogP contribution in [-0.4, -0.2) is 55.6 Å². The Morgan fingerprint density at radius 2 is 1.82 bits per heavy atom. The van der Waals surface area contributed by atoms with Crippen LogP contribution in [0.5, 0.6) is 0 Å². The van der Waals surface area contributed by atoms with E-state index in [1.807, 2.05) is 19.0 Å². The van der Waals surface area contributed by atoms with Gasteiger partial charge in [-0.3, -0.25) is 0 Å². The van der Waals surface area contributed by atoms with E-state index < -0.39 is 0 Å². The van der Waals surface area contributed by atoms with Crippen molar-refractivity contribution in [2.45, 2.75) is 45.1 Å². The molecule has 0 aliphatic heterocycles. The van der Waals surface area contributed by atoms with Crippen molar-refractivity contribution in [3.63, 3.8) is 0 Å². The molecule has 1 aliphatic rings. The molecule has 4 heteroatoms. The van der Waals surface area contributed by atoms with Gasteiger partial charge in [0.1, 0.15) is 0 Å². The molecule has 2 amide bonds. The molecule has 4 nitrogen and oxygen atoms in total. The van der Waals surface area contributed by atoms with E-state index in [-0.39, 0.29) is 6.03 Å². The molecule has 17 heavy (non-hydrogen) atoms. The number of carbonyl (C=O) groups excluding carboxylic acids is 1. The molecule has 0 unspecified atom stereocenters. The van der Waals surface area contributed by atoms with E-state index in [4.69, 9.17) is 0 Å². The first-order chi connectivity index (χ1) is 8.13. The monoisotopic (exact) mass is 241 g/mol. The van der Waals surface area contributed by atoms with Gasteiger partial charge in [-0.1, -0.05) is 19.8 Å². The highest BCUT2D eigenvalue weighted by atomic mass is 16.2. The lowest BCUT2D eigenvalue weighted by atomic mass is 10.2. The summed E-state index contributed by atoms with van der Waals surface area (Å²) >= 11 is 0. The van der Waals surface area contributed by atoms with Gasteiger partial charge in [-0.05, 0) is 33.4 Å². The Morgan fingerprint density at radius 1 is 1.18 bits per heavy atom. The van der Waals surface area contributed by atoms with Crippen LogP contribution < -0.4 is 5.32 Å². The van der Waals surface area contributed by atoms with Crippen molar-refractivity contribution in [3.8, 4) is 0 Å². The van der Waals surface area contributed by atoms with Crippen molar-refractivity contribution < 1.29 is 4.79 Å². The lowest BCUT2D eigenvalue weighted by molar-refractivity contribution is 0.188. The van der Waals surface area contributed by atoms with Gasteiger partial charge in [-0.2, -0.15) is 0 Å². The molecule has 0 heterocycles. The molecule has 0 saturated heterocycles. The predicted molar refractivity (Wildman–Crippen MR) is 71.2 cm³/mol. The third kappa shape index (κ3) is 5.39. The maximum Gasteiger partial charge on any atom is 0.317 e. The first-order valence-corrected chi connectivity index (χ1v) is 6.83. The van der Waals surface area contributed by atoms with Crippen molar-refractivity contribution in [1.82, 2.24) is 15.1 Å². The molecule has 0 bridgehead atoms. The number of hydrogen-bond acceptors (Lipinski definition) is 2. The van der Waals surface area contributed by atoms with Crippen molar-refractivity contribution in [1.29, 1.82) is 0 Å². The minimum atomic E-state index is 0.126. The number of urea groups is 1. The number of rotatable bonds is 6. The fraction of sp³-hybridized carbons (Fsp3) is 0.923. The molecular formula is C13H27N3O. The van der Waals surface area contributed by atoms with E-state index in [9.17, 15) is 4.79 Å². The van der Waals surface area contributed by atoms with Crippen molar-refractivity contribution in [3.05, 3.63) is 0 Å². The van der Waals surface area contributed by atoms with Crippen LogP contribution in [0.1, 0.15) is 39.0 Å². The Morgan fingerprint density at radius 3 is 2.35 bits per heavy atom. The fourth-order valence-corrected chi connectivity index (χ4v) is 2.24. The summed E-state index contributed by atoms with van der Waals surface area (Å²) in [6, 6.07) is 0.543. The van der Waals surface area contributed by atoms with Crippen LogP contribution in [0.25, 0.3) is 0 Å². The molecule has 1 rings (SSSR count). The molecule has 100 valence electrons. The number of amides is 2. The topological polar surface area (TPSA) is 35.6 Å². The largest absolute Gasteiger partial charge is 0.335 e. The van der Waals surface area contributed by atoms with Gasteiger partial charge >= 0.3 is 6.03 Å². The number of likely N-dealkylation sites (N-methyl/N-ethyl adjacent to an activating group) is 1. The van der Waals surface area contributed by atoms with E-state index in [1.165, 1.54) is 12.8 Å². The Labute approximate surface area is 105 Å². The maximum atomic E-state index is 12.1. The smallest absolute Gasteiger partial charge is 0.317 e. The zero-order chi connectivity index (χ0) is 12.7. The highest BCUT2D eigenvalue weighted by Crippen LogP contribution is 2.17. The van der Waals surface area contributed by atoms with Crippen molar-refractivity contribution in [2.24, 2.45) is 0 Å². The molecule has 0 radical (unpaired) electrons. The third-order valence-corrected chi connectivity index (χ3v) is 3.28. The molecule has 1 N–H and O–H groups in total. The lowest BCUT2D eigenvalue weighted by Gasteiger charge is -2.26. The van der Waals surface area contributed by atoms with E-state index >= 15 is 0 Å². The summed E-state index contributed by atoms with van der Waals surface area (Å²) in [5.41, 5.74) is 0. The van der Waals surface area contributed by atoms with E-state index in [1.54, 1.807) is 0 Å². The lowest BCUT2D eigenvalue weighted by Crippen LogP contribution is -2.46. The Bertz CT molecular complexity index is 225. The van der Waals surface area contributed by atoms with Crippen molar-refractivity contribution in [2.75, 3.05) is 33.7 Å².